The fourth-order valence-corrected chi connectivity index (χ4v) is 1.57. The minimum Gasteiger partial charge on any atom is -0.478 e. The highest BCUT2D eigenvalue weighted by molar-refractivity contribution is 5.88. The number of nitrogens with one attached hydrogen (secondary N) is 1. The number of carbonyl (C=O) groups is 1. The molecule has 2 aromatic rings. The third-order valence-corrected chi connectivity index (χ3v) is 2.56. The molecule has 0 aliphatic carbocycles. The summed E-state index contributed by atoms with van der Waals surface area (Å²) in [6, 6.07) is 7.73. The first-order valence-electron chi connectivity index (χ1n) is 5.76. The molecular formula is C13H7F3N4O2. The van der Waals surface area contributed by atoms with Crippen molar-refractivity contribution < 1.29 is 23.1 Å². The van der Waals surface area contributed by atoms with Gasteiger partial charge in [-0.2, -0.15) is 18.4 Å². The highest BCUT2D eigenvalue weighted by atomic mass is 19.4. The molecule has 6 nitrogen and oxygen atoms in total. The van der Waals surface area contributed by atoms with Gasteiger partial charge in [0.1, 0.15) is 5.56 Å². The van der Waals surface area contributed by atoms with Crippen LogP contribution in [0.1, 0.15) is 21.6 Å². The largest absolute Gasteiger partial charge is 0.478 e. The second-order valence-electron chi connectivity index (χ2n) is 4.07. The lowest BCUT2D eigenvalue weighted by Gasteiger charge is -2.11. The normalized spacial score (nSPS) is 10.8. The Morgan fingerprint density at radius 3 is 2.41 bits per heavy atom. The van der Waals surface area contributed by atoms with Crippen molar-refractivity contribution in [3.05, 3.63) is 47.3 Å². The molecule has 1 aromatic heterocycles. The summed E-state index contributed by atoms with van der Waals surface area (Å²) >= 11 is 0. The molecule has 1 aromatic carbocycles. The van der Waals surface area contributed by atoms with Crippen molar-refractivity contribution >= 4 is 17.6 Å². The number of benzene rings is 1. The van der Waals surface area contributed by atoms with Gasteiger partial charge in [-0.05, 0) is 24.3 Å². The lowest BCUT2D eigenvalue weighted by atomic mass is 10.2. The molecule has 0 atom stereocenters. The molecule has 2 rings (SSSR count). The molecule has 0 aliphatic heterocycles. The van der Waals surface area contributed by atoms with Gasteiger partial charge in [-0.1, -0.05) is 0 Å². The summed E-state index contributed by atoms with van der Waals surface area (Å²) < 4.78 is 38.4. The van der Waals surface area contributed by atoms with Gasteiger partial charge in [-0.3, -0.25) is 0 Å². The summed E-state index contributed by atoms with van der Waals surface area (Å²) in [4.78, 5) is 17.5. The Hall–Kier alpha value is -3.15. The van der Waals surface area contributed by atoms with Crippen LogP contribution >= 0.6 is 0 Å². The van der Waals surface area contributed by atoms with Gasteiger partial charge in [0.05, 0.1) is 11.6 Å². The average molecular weight is 308 g/mol. The molecule has 2 N–H and O–H groups in total. The molecule has 0 spiro atoms. The highest BCUT2D eigenvalue weighted by Gasteiger charge is 2.38. The average Bonchev–Trinajstić information content (AvgIpc) is 2.47. The Bertz CT molecular complexity index is 751. The van der Waals surface area contributed by atoms with E-state index >= 15 is 0 Å². The molecule has 0 fully saturated rings. The van der Waals surface area contributed by atoms with Crippen LogP contribution in [0.25, 0.3) is 0 Å². The smallest absolute Gasteiger partial charge is 0.434 e. The van der Waals surface area contributed by atoms with Crippen molar-refractivity contribution in [2.45, 2.75) is 6.18 Å². The van der Waals surface area contributed by atoms with E-state index in [1.807, 2.05) is 6.07 Å². The van der Waals surface area contributed by atoms with Gasteiger partial charge in [-0.15, -0.1) is 0 Å². The van der Waals surface area contributed by atoms with E-state index in [9.17, 15) is 18.0 Å². The first kappa shape index (κ1) is 15.2. The van der Waals surface area contributed by atoms with Crippen LogP contribution in [-0.2, 0) is 6.18 Å². The van der Waals surface area contributed by atoms with Crippen molar-refractivity contribution in [3.8, 4) is 6.07 Å². The zero-order chi connectivity index (χ0) is 16.3. The Morgan fingerprint density at radius 2 is 1.91 bits per heavy atom. The van der Waals surface area contributed by atoms with E-state index in [0.29, 0.717) is 17.4 Å². The monoisotopic (exact) mass is 308 g/mol. The minimum atomic E-state index is -4.92. The number of alkyl halides is 3. The van der Waals surface area contributed by atoms with Gasteiger partial charge in [0, 0.05) is 11.9 Å². The zero-order valence-corrected chi connectivity index (χ0v) is 10.7. The van der Waals surface area contributed by atoms with Crippen LogP contribution < -0.4 is 5.32 Å². The Morgan fingerprint density at radius 1 is 1.27 bits per heavy atom. The quantitative estimate of drug-likeness (QED) is 0.904. The van der Waals surface area contributed by atoms with Gasteiger partial charge < -0.3 is 10.4 Å². The number of hydrogen-bond donors (Lipinski definition) is 2. The first-order valence-corrected chi connectivity index (χ1v) is 5.76. The predicted molar refractivity (Wildman–Crippen MR) is 68.4 cm³/mol. The third kappa shape index (κ3) is 3.29. The molecule has 0 saturated heterocycles. The number of rotatable bonds is 3. The topological polar surface area (TPSA) is 98.9 Å². The number of anilines is 2. The third-order valence-electron chi connectivity index (χ3n) is 2.56. The van der Waals surface area contributed by atoms with Gasteiger partial charge in [0.2, 0.25) is 5.95 Å². The van der Waals surface area contributed by atoms with Crippen LogP contribution in [-0.4, -0.2) is 21.0 Å². The van der Waals surface area contributed by atoms with Crippen LogP contribution in [0.15, 0.2) is 30.5 Å². The summed E-state index contributed by atoms with van der Waals surface area (Å²) in [5.41, 5.74) is -1.83. The fraction of sp³-hybridized carbons (Fsp3) is 0.0769. The van der Waals surface area contributed by atoms with E-state index in [1.54, 1.807) is 0 Å². The van der Waals surface area contributed by atoms with Crippen molar-refractivity contribution in [1.29, 1.82) is 5.26 Å². The van der Waals surface area contributed by atoms with Gasteiger partial charge in [0.25, 0.3) is 0 Å². The Labute approximate surface area is 121 Å². The van der Waals surface area contributed by atoms with E-state index in [0.717, 1.165) is 0 Å². The maximum Gasteiger partial charge on any atom is 0.434 e. The SMILES string of the molecule is N#Cc1ccc(Nc2ncc(C(=O)O)c(C(F)(F)F)n2)cc1. The summed E-state index contributed by atoms with van der Waals surface area (Å²) in [6.07, 6.45) is -4.33. The number of nitrogens with zero attached hydrogens (tertiary/aromatic N) is 3. The van der Waals surface area contributed by atoms with Crippen LogP contribution in [0.4, 0.5) is 24.8 Å². The number of aromatic carboxylic acids is 1. The molecule has 0 amide bonds. The van der Waals surface area contributed by atoms with Crippen LogP contribution in [0.2, 0.25) is 0 Å². The maximum atomic E-state index is 12.8. The van der Waals surface area contributed by atoms with E-state index in [-0.39, 0.29) is 0 Å². The second-order valence-corrected chi connectivity index (χ2v) is 4.07. The van der Waals surface area contributed by atoms with Crippen molar-refractivity contribution in [2.24, 2.45) is 0 Å². The fourth-order valence-electron chi connectivity index (χ4n) is 1.57. The van der Waals surface area contributed by atoms with Crippen LogP contribution in [0.5, 0.6) is 0 Å². The number of carboxylic acid groups (broad SMARTS) is 1. The Kier molecular flexibility index (Phi) is 3.94. The van der Waals surface area contributed by atoms with Gasteiger partial charge in [0.15, 0.2) is 5.69 Å². The van der Waals surface area contributed by atoms with Crippen molar-refractivity contribution in [3.63, 3.8) is 0 Å². The Balaban J connectivity index is 2.36. The van der Waals surface area contributed by atoms with Gasteiger partial charge in [-0.25, -0.2) is 14.8 Å². The highest BCUT2D eigenvalue weighted by Crippen LogP contribution is 2.31. The molecule has 0 unspecified atom stereocenters. The van der Waals surface area contributed by atoms with Crippen molar-refractivity contribution in [2.75, 3.05) is 5.32 Å². The molecule has 22 heavy (non-hydrogen) atoms. The lowest BCUT2D eigenvalue weighted by Crippen LogP contribution is -2.17. The number of carboxylic acids is 1. The van der Waals surface area contributed by atoms with Gasteiger partial charge >= 0.3 is 12.1 Å². The number of hydrogen-bond acceptors (Lipinski definition) is 5. The van der Waals surface area contributed by atoms with E-state index in [1.165, 1.54) is 24.3 Å². The number of halogens is 3. The van der Waals surface area contributed by atoms with Crippen molar-refractivity contribution in [1.82, 2.24) is 9.97 Å². The lowest BCUT2D eigenvalue weighted by molar-refractivity contribution is -0.141. The molecule has 0 bridgehead atoms. The standard InChI is InChI=1S/C13H7F3N4O2/c14-13(15,16)10-9(11(21)22)6-18-12(20-10)19-8-3-1-7(5-17)2-4-8/h1-4,6H,(H,21,22)(H,18,19,20). The molecule has 112 valence electrons. The second kappa shape index (κ2) is 5.69. The molecule has 0 radical (unpaired) electrons. The summed E-state index contributed by atoms with van der Waals surface area (Å²) in [5, 5.41) is 19.9. The maximum absolute atomic E-state index is 12.8. The molecule has 0 saturated carbocycles. The minimum absolute atomic E-state index is 0.357. The van der Waals surface area contributed by atoms with Crippen LogP contribution in [0, 0.1) is 11.3 Å². The molecular weight excluding hydrogens is 301 g/mol. The van der Waals surface area contributed by atoms with Crippen LogP contribution in [0.3, 0.4) is 0 Å². The molecule has 9 heteroatoms. The zero-order valence-electron chi connectivity index (χ0n) is 10.7. The van der Waals surface area contributed by atoms with E-state index in [2.05, 4.69) is 15.3 Å². The first-order chi connectivity index (χ1) is 10.3. The molecule has 0 aliphatic rings. The van der Waals surface area contributed by atoms with E-state index < -0.39 is 29.4 Å². The molecule has 1 heterocycles. The van der Waals surface area contributed by atoms with E-state index in [4.69, 9.17) is 10.4 Å². The summed E-state index contributed by atoms with van der Waals surface area (Å²) in [5.74, 6) is -2.17. The predicted octanol–water partition coefficient (Wildman–Crippen LogP) is 2.81. The summed E-state index contributed by atoms with van der Waals surface area (Å²) in [6.45, 7) is 0. The number of nitriles is 1. The number of aromatic nitrogens is 2. The summed E-state index contributed by atoms with van der Waals surface area (Å²) in [7, 11) is 0.